The standard InChI is InChI=1S/C18H14ClFN2O2/c1-11-5-7-12(8-6-11)10-22-17(23)16(21-18(22)24)9-13-14(19)3-2-4-15(13)20/h2-9H,10H2,1H3,(H,21,24). The summed E-state index contributed by atoms with van der Waals surface area (Å²) >= 11 is 5.95. The van der Waals surface area contributed by atoms with Crippen LogP contribution in [0.2, 0.25) is 5.02 Å². The van der Waals surface area contributed by atoms with Crippen LogP contribution in [0.5, 0.6) is 0 Å². The van der Waals surface area contributed by atoms with Crippen molar-refractivity contribution >= 4 is 29.6 Å². The number of imide groups is 1. The molecule has 0 radical (unpaired) electrons. The number of hydrogen-bond donors (Lipinski definition) is 1. The predicted octanol–water partition coefficient (Wildman–Crippen LogP) is 3.88. The van der Waals surface area contributed by atoms with Crippen molar-refractivity contribution in [3.05, 3.63) is 75.7 Å². The van der Waals surface area contributed by atoms with Gasteiger partial charge in [-0.25, -0.2) is 9.18 Å². The Morgan fingerprint density at radius 3 is 2.54 bits per heavy atom. The van der Waals surface area contributed by atoms with Crippen LogP contribution in [0.4, 0.5) is 9.18 Å². The van der Waals surface area contributed by atoms with Crippen molar-refractivity contribution in [2.24, 2.45) is 0 Å². The third kappa shape index (κ3) is 3.16. The Kier molecular flexibility index (Phi) is 4.36. The van der Waals surface area contributed by atoms with Gasteiger partial charge < -0.3 is 5.32 Å². The summed E-state index contributed by atoms with van der Waals surface area (Å²) < 4.78 is 13.8. The molecular weight excluding hydrogens is 331 g/mol. The molecule has 0 aromatic heterocycles. The Morgan fingerprint density at radius 1 is 1.17 bits per heavy atom. The number of carbonyl (C=O) groups excluding carboxylic acids is 2. The first-order chi connectivity index (χ1) is 11.5. The second-order valence-electron chi connectivity index (χ2n) is 5.50. The molecule has 1 fully saturated rings. The van der Waals surface area contributed by atoms with E-state index in [-0.39, 0.29) is 22.8 Å². The lowest BCUT2D eigenvalue weighted by molar-refractivity contribution is -0.123. The van der Waals surface area contributed by atoms with E-state index in [1.807, 2.05) is 31.2 Å². The molecule has 0 unspecified atom stereocenters. The minimum atomic E-state index is -0.561. The van der Waals surface area contributed by atoms with Crippen LogP contribution in [0.3, 0.4) is 0 Å². The van der Waals surface area contributed by atoms with Gasteiger partial charge in [-0.2, -0.15) is 0 Å². The molecule has 0 atom stereocenters. The molecule has 0 saturated carbocycles. The van der Waals surface area contributed by atoms with Gasteiger partial charge in [0.05, 0.1) is 11.6 Å². The number of halogens is 2. The number of benzene rings is 2. The number of hydrogen-bond acceptors (Lipinski definition) is 2. The summed E-state index contributed by atoms with van der Waals surface area (Å²) in [5.74, 6) is -1.08. The van der Waals surface area contributed by atoms with Crippen molar-refractivity contribution in [2.75, 3.05) is 0 Å². The Bertz CT molecular complexity index is 826. The lowest BCUT2D eigenvalue weighted by Crippen LogP contribution is -2.30. The van der Waals surface area contributed by atoms with Crippen LogP contribution in [0, 0.1) is 12.7 Å². The molecule has 1 saturated heterocycles. The van der Waals surface area contributed by atoms with E-state index >= 15 is 0 Å². The maximum absolute atomic E-state index is 13.8. The minimum Gasteiger partial charge on any atom is -0.303 e. The van der Waals surface area contributed by atoms with Crippen LogP contribution < -0.4 is 5.32 Å². The van der Waals surface area contributed by atoms with Gasteiger partial charge in [0.1, 0.15) is 11.5 Å². The van der Waals surface area contributed by atoms with E-state index in [2.05, 4.69) is 5.32 Å². The van der Waals surface area contributed by atoms with Gasteiger partial charge in [-0.05, 0) is 30.7 Å². The molecule has 122 valence electrons. The van der Waals surface area contributed by atoms with Crippen molar-refractivity contribution in [1.29, 1.82) is 0 Å². The summed E-state index contributed by atoms with van der Waals surface area (Å²) in [5, 5.41) is 2.63. The fraction of sp³-hybridized carbons (Fsp3) is 0.111. The van der Waals surface area contributed by atoms with Gasteiger partial charge in [0.2, 0.25) is 0 Å². The van der Waals surface area contributed by atoms with Gasteiger partial charge in [-0.1, -0.05) is 47.5 Å². The first-order valence-electron chi connectivity index (χ1n) is 7.30. The van der Waals surface area contributed by atoms with Crippen LogP contribution in [0.1, 0.15) is 16.7 Å². The zero-order valence-corrected chi connectivity index (χ0v) is 13.6. The highest BCUT2D eigenvalue weighted by Gasteiger charge is 2.33. The fourth-order valence-corrected chi connectivity index (χ4v) is 2.60. The molecule has 0 bridgehead atoms. The summed E-state index contributed by atoms with van der Waals surface area (Å²) in [4.78, 5) is 25.6. The third-order valence-corrected chi connectivity index (χ3v) is 4.04. The predicted molar refractivity (Wildman–Crippen MR) is 89.6 cm³/mol. The van der Waals surface area contributed by atoms with E-state index in [4.69, 9.17) is 11.6 Å². The van der Waals surface area contributed by atoms with Crippen LogP contribution >= 0.6 is 11.6 Å². The normalized spacial score (nSPS) is 16.0. The number of carbonyl (C=O) groups is 2. The van der Waals surface area contributed by atoms with Gasteiger partial charge in [-0.3, -0.25) is 9.69 Å². The van der Waals surface area contributed by atoms with Crippen LogP contribution in [0.15, 0.2) is 48.2 Å². The number of amides is 3. The van der Waals surface area contributed by atoms with Crippen molar-refractivity contribution in [3.63, 3.8) is 0 Å². The summed E-state index contributed by atoms with van der Waals surface area (Å²) in [6.07, 6.45) is 1.26. The Balaban J connectivity index is 1.86. The largest absolute Gasteiger partial charge is 0.329 e. The molecule has 3 rings (SSSR count). The minimum absolute atomic E-state index is 0.000823. The van der Waals surface area contributed by atoms with Gasteiger partial charge in [0.15, 0.2) is 0 Å². The monoisotopic (exact) mass is 344 g/mol. The van der Waals surface area contributed by atoms with E-state index in [1.54, 1.807) is 0 Å². The second-order valence-corrected chi connectivity index (χ2v) is 5.91. The summed E-state index contributed by atoms with van der Waals surface area (Å²) in [6, 6.07) is 11.2. The SMILES string of the molecule is Cc1ccc(CN2C(=O)NC(=Cc3c(F)cccc3Cl)C2=O)cc1. The molecule has 2 aromatic carbocycles. The molecule has 3 amide bonds. The number of aryl methyl sites for hydroxylation is 1. The Labute approximate surface area is 143 Å². The Morgan fingerprint density at radius 2 is 1.88 bits per heavy atom. The zero-order chi connectivity index (χ0) is 17.3. The average Bonchev–Trinajstić information content (AvgIpc) is 2.80. The van der Waals surface area contributed by atoms with Gasteiger partial charge in [0.25, 0.3) is 5.91 Å². The second kappa shape index (κ2) is 6.45. The first-order valence-corrected chi connectivity index (χ1v) is 7.67. The van der Waals surface area contributed by atoms with Gasteiger partial charge in [0, 0.05) is 5.56 Å². The highest BCUT2D eigenvalue weighted by Crippen LogP contribution is 2.24. The summed E-state index contributed by atoms with van der Waals surface area (Å²) in [5.41, 5.74) is 1.99. The molecule has 6 heteroatoms. The lowest BCUT2D eigenvalue weighted by Gasteiger charge is -2.11. The van der Waals surface area contributed by atoms with E-state index in [0.29, 0.717) is 0 Å². The van der Waals surface area contributed by atoms with Crippen molar-refractivity contribution in [3.8, 4) is 0 Å². The highest BCUT2D eigenvalue weighted by molar-refractivity contribution is 6.32. The molecule has 0 aliphatic carbocycles. The average molecular weight is 345 g/mol. The molecule has 0 spiro atoms. The highest BCUT2D eigenvalue weighted by atomic mass is 35.5. The van der Waals surface area contributed by atoms with E-state index in [0.717, 1.165) is 16.0 Å². The van der Waals surface area contributed by atoms with E-state index < -0.39 is 17.8 Å². The number of nitrogens with one attached hydrogen (secondary N) is 1. The van der Waals surface area contributed by atoms with Crippen molar-refractivity contribution in [1.82, 2.24) is 10.2 Å². The maximum atomic E-state index is 13.8. The molecule has 2 aromatic rings. The number of nitrogens with zero attached hydrogens (tertiary/aromatic N) is 1. The van der Waals surface area contributed by atoms with E-state index in [1.165, 1.54) is 24.3 Å². The Hall–Kier alpha value is -2.66. The molecule has 1 N–H and O–H groups in total. The molecule has 1 aliphatic rings. The lowest BCUT2D eigenvalue weighted by atomic mass is 10.1. The quantitative estimate of drug-likeness (QED) is 0.678. The number of urea groups is 1. The summed E-state index contributed by atoms with van der Waals surface area (Å²) in [7, 11) is 0. The molecule has 4 nitrogen and oxygen atoms in total. The third-order valence-electron chi connectivity index (χ3n) is 3.71. The van der Waals surface area contributed by atoms with E-state index in [9.17, 15) is 14.0 Å². The van der Waals surface area contributed by atoms with Gasteiger partial charge in [-0.15, -0.1) is 0 Å². The molecule has 24 heavy (non-hydrogen) atoms. The molecule has 1 heterocycles. The van der Waals surface area contributed by atoms with Crippen molar-refractivity contribution in [2.45, 2.75) is 13.5 Å². The van der Waals surface area contributed by atoms with Crippen LogP contribution in [-0.4, -0.2) is 16.8 Å². The fourth-order valence-electron chi connectivity index (χ4n) is 2.38. The molecule has 1 aliphatic heterocycles. The maximum Gasteiger partial charge on any atom is 0.329 e. The smallest absolute Gasteiger partial charge is 0.303 e. The zero-order valence-electron chi connectivity index (χ0n) is 12.8. The first kappa shape index (κ1) is 16.2. The summed E-state index contributed by atoms with van der Waals surface area (Å²) in [6.45, 7) is 2.10. The van der Waals surface area contributed by atoms with Crippen molar-refractivity contribution < 1.29 is 14.0 Å². The van der Waals surface area contributed by atoms with Gasteiger partial charge >= 0.3 is 6.03 Å². The van der Waals surface area contributed by atoms with Crippen LogP contribution in [0.25, 0.3) is 6.08 Å². The topological polar surface area (TPSA) is 49.4 Å². The number of rotatable bonds is 3. The molecular formula is C18H14ClFN2O2. The van der Waals surface area contributed by atoms with Crippen LogP contribution in [-0.2, 0) is 11.3 Å².